The molecule has 1 heterocycles. The van der Waals surface area contributed by atoms with Crippen LogP contribution in [0, 0.1) is 5.41 Å². The van der Waals surface area contributed by atoms with Crippen molar-refractivity contribution in [2.75, 3.05) is 14.2 Å². The van der Waals surface area contributed by atoms with E-state index in [-0.39, 0.29) is 5.41 Å². The molecule has 1 aromatic carbocycles. The molecule has 4 nitrogen and oxygen atoms in total. The molecule has 2 N–H and O–H groups in total. The molecule has 98 valence electrons. The van der Waals surface area contributed by atoms with Gasteiger partial charge in [0, 0.05) is 25.3 Å². The third-order valence-corrected chi connectivity index (χ3v) is 3.34. The van der Waals surface area contributed by atoms with E-state index >= 15 is 0 Å². The standard InChI is InChI=1S/C14H20N2O2/c1-13(2,3)9-7-6-8-10-11(9)12(15)16-14(10,17-4)18-5/h6-8H,1-5H3,(H2,15,16). The molecule has 0 aliphatic carbocycles. The van der Waals surface area contributed by atoms with Crippen LogP contribution >= 0.6 is 0 Å². The number of hydrogen-bond donors (Lipinski definition) is 2. The molecule has 0 radical (unpaired) electrons. The third-order valence-electron chi connectivity index (χ3n) is 3.34. The molecular formula is C14H20N2O2. The number of rotatable bonds is 2. The van der Waals surface area contributed by atoms with Crippen molar-refractivity contribution in [3.63, 3.8) is 0 Å². The first-order chi connectivity index (χ1) is 8.35. The zero-order valence-corrected chi connectivity index (χ0v) is 11.5. The maximum Gasteiger partial charge on any atom is 0.279 e. The van der Waals surface area contributed by atoms with Gasteiger partial charge in [-0.1, -0.05) is 39.0 Å². The molecule has 0 unspecified atom stereocenters. The van der Waals surface area contributed by atoms with Crippen LogP contribution in [-0.2, 0) is 20.8 Å². The van der Waals surface area contributed by atoms with E-state index in [1.54, 1.807) is 14.2 Å². The molecular weight excluding hydrogens is 228 g/mol. The van der Waals surface area contributed by atoms with E-state index < -0.39 is 5.91 Å². The Balaban J connectivity index is 2.69. The molecule has 0 atom stereocenters. The summed E-state index contributed by atoms with van der Waals surface area (Å²) in [6, 6.07) is 5.97. The summed E-state index contributed by atoms with van der Waals surface area (Å²) in [5.41, 5.74) is 2.84. The minimum absolute atomic E-state index is 0.0309. The minimum atomic E-state index is -1.03. The summed E-state index contributed by atoms with van der Waals surface area (Å²) < 4.78 is 10.9. The third kappa shape index (κ3) is 1.72. The van der Waals surface area contributed by atoms with Crippen LogP contribution in [0.2, 0.25) is 0 Å². The highest BCUT2D eigenvalue weighted by atomic mass is 16.7. The maximum absolute atomic E-state index is 8.14. The van der Waals surface area contributed by atoms with Crippen LogP contribution in [0.4, 0.5) is 0 Å². The SMILES string of the molecule is COC1(OC)NC(=N)c2c(C(C)(C)C)cccc21. The monoisotopic (exact) mass is 248 g/mol. The first kappa shape index (κ1) is 13.1. The van der Waals surface area contributed by atoms with Crippen molar-refractivity contribution in [3.8, 4) is 0 Å². The van der Waals surface area contributed by atoms with Gasteiger partial charge in [-0.15, -0.1) is 0 Å². The van der Waals surface area contributed by atoms with Gasteiger partial charge < -0.3 is 14.8 Å². The Bertz CT molecular complexity index is 485. The van der Waals surface area contributed by atoms with Gasteiger partial charge in [-0.25, -0.2) is 0 Å². The smallest absolute Gasteiger partial charge is 0.279 e. The van der Waals surface area contributed by atoms with Crippen LogP contribution in [0.25, 0.3) is 0 Å². The van der Waals surface area contributed by atoms with Crippen molar-refractivity contribution >= 4 is 5.84 Å². The summed E-state index contributed by atoms with van der Waals surface area (Å²) in [6.07, 6.45) is 0. The molecule has 0 aromatic heterocycles. The number of fused-ring (bicyclic) bond motifs is 1. The number of nitrogens with one attached hydrogen (secondary N) is 2. The van der Waals surface area contributed by atoms with Crippen LogP contribution in [-0.4, -0.2) is 20.1 Å². The molecule has 1 aliphatic rings. The van der Waals surface area contributed by atoms with Gasteiger partial charge in [0.05, 0.1) is 0 Å². The summed E-state index contributed by atoms with van der Waals surface area (Å²) in [5.74, 6) is -0.688. The van der Waals surface area contributed by atoms with Gasteiger partial charge in [0.25, 0.3) is 5.91 Å². The fourth-order valence-corrected chi connectivity index (χ4v) is 2.42. The molecule has 2 rings (SSSR count). The molecule has 1 aliphatic heterocycles. The van der Waals surface area contributed by atoms with E-state index in [0.717, 1.165) is 16.7 Å². The lowest BCUT2D eigenvalue weighted by Crippen LogP contribution is -2.42. The quantitative estimate of drug-likeness (QED) is 0.790. The molecule has 0 spiro atoms. The first-order valence-electron chi connectivity index (χ1n) is 5.97. The zero-order chi connectivity index (χ0) is 13.6. The fourth-order valence-electron chi connectivity index (χ4n) is 2.42. The number of ether oxygens (including phenoxy) is 2. The van der Waals surface area contributed by atoms with Gasteiger partial charge >= 0.3 is 0 Å². The van der Waals surface area contributed by atoms with E-state index in [1.165, 1.54) is 0 Å². The normalized spacial score (nSPS) is 17.5. The second kappa shape index (κ2) is 4.07. The molecule has 0 saturated carbocycles. The number of benzene rings is 1. The van der Waals surface area contributed by atoms with E-state index in [4.69, 9.17) is 14.9 Å². The lowest BCUT2D eigenvalue weighted by atomic mass is 9.82. The Hall–Kier alpha value is -1.39. The second-order valence-corrected chi connectivity index (χ2v) is 5.50. The Morgan fingerprint density at radius 3 is 2.28 bits per heavy atom. The topological polar surface area (TPSA) is 54.3 Å². The largest absolute Gasteiger partial charge is 0.332 e. The van der Waals surface area contributed by atoms with E-state index in [2.05, 4.69) is 32.2 Å². The number of amidine groups is 1. The average Bonchev–Trinajstić information content (AvgIpc) is 2.62. The van der Waals surface area contributed by atoms with Gasteiger partial charge in [0.2, 0.25) is 0 Å². The maximum atomic E-state index is 8.14. The predicted molar refractivity (Wildman–Crippen MR) is 70.8 cm³/mol. The van der Waals surface area contributed by atoms with Crippen LogP contribution in [0.1, 0.15) is 37.5 Å². The Morgan fingerprint density at radius 2 is 1.78 bits per heavy atom. The summed E-state index contributed by atoms with van der Waals surface area (Å²) in [6.45, 7) is 6.40. The van der Waals surface area contributed by atoms with Gasteiger partial charge in [-0.3, -0.25) is 5.41 Å². The highest BCUT2D eigenvalue weighted by molar-refractivity contribution is 6.03. The molecule has 0 fully saturated rings. The van der Waals surface area contributed by atoms with Crippen molar-refractivity contribution < 1.29 is 9.47 Å². The van der Waals surface area contributed by atoms with Crippen LogP contribution in [0.15, 0.2) is 18.2 Å². The van der Waals surface area contributed by atoms with Crippen molar-refractivity contribution in [1.82, 2.24) is 5.32 Å². The number of methoxy groups -OCH3 is 2. The average molecular weight is 248 g/mol. The Labute approximate surface area is 108 Å². The highest BCUT2D eigenvalue weighted by Gasteiger charge is 2.44. The number of hydrogen-bond acceptors (Lipinski definition) is 3. The lowest BCUT2D eigenvalue weighted by molar-refractivity contribution is -0.223. The molecule has 0 bridgehead atoms. The van der Waals surface area contributed by atoms with Crippen LogP contribution in [0.3, 0.4) is 0 Å². The van der Waals surface area contributed by atoms with E-state index in [1.807, 2.05) is 12.1 Å². The second-order valence-electron chi connectivity index (χ2n) is 5.50. The molecule has 0 saturated heterocycles. The fraction of sp³-hybridized carbons (Fsp3) is 0.500. The van der Waals surface area contributed by atoms with Gasteiger partial charge in [-0.2, -0.15) is 0 Å². The van der Waals surface area contributed by atoms with Crippen molar-refractivity contribution in [2.24, 2.45) is 0 Å². The minimum Gasteiger partial charge on any atom is -0.332 e. The molecule has 4 heteroatoms. The summed E-state index contributed by atoms with van der Waals surface area (Å²) in [7, 11) is 3.14. The summed E-state index contributed by atoms with van der Waals surface area (Å²) in [5, 5.41) is 11.1. The van der Waals surface area contributed by atoms with Crippen molar-refractivity contribution in [2.45, 2.75) is 32.1 Å². The molecule has 18 heavy (non-hydrogen) atoms. The predicted octanol–water partition coefficient (Wildman–Crippen LogP) is 2.32. The summed E-state index contributed by atoms with van der Waals surface area (Å²) in [4.78, 5) is 0. The van der Waals surface area contributed by atoms with Gasteiger partial charge in [-0.05, 0) is 11.0 Å². The Morgan fingerprint density at radius 1 is 1.17 bits per heavy atom. The Kier molecular flexibility index (Phi) is 2.95. The van der Waals surface area contributed by atoms with Crippen LogP contribution in [0.5, 0.6) is 0 Å². The lowest BCUT2D eigenvalue weighted by Gasteiger charge is -2.27. The van der Waals surface area contributed by atoms with E-state index in [0.29, 0.717) is 5.84 Å². The van der Waals surface area contributed by atoms with E-state index in [9.17, 15) is 0 Å². The zero-order valence-electron chi connectivity index (χ0n) is 11.5. The van der Waals surface area contributed by atoms with Gasteiger partial charge in [0.1, 0.15) is 5.84 Å². The van der Waals surface area contributed by atoms with Crippen molar-refractivity contribution in [3.05, 3.63) is 34.9 Å². The first-order valence-corrected chi connectivity index (χ1v) is 5.97. The van der Waals surface area contributed by atoms with Crippen LogP contribution < -0.4 is 5.32 Å². The highest BCUT2D eigenvalue weighted by Crippen LogP contribution is 2.38. The summed E-state index contributed by atoms with van der Waals surface area (Å²) >= 11 is 0. The van der Waals surface area contributed by atoms with Gasteiger partial charge in [0.15, 0.2) is 0 Å². The molecule has 1 aromatic rings. The molecule has 0 amide bonds. The van der Waals surface area contributed by atoms with Crippen molar-refractivity contribution in [1.29, 1.82) is 5.41 Å².